The van der Waals surface area contributed by atoms with Crippen molar-refractivity contribution in [1.29, 1.82) is 0 Å². The molecule has 0 aliphatic heterocycles. The van der Waals surface area contributed by atoms with Gasteiger partial charge < -0.3 is 10.0 Å². The van der Waals surface area contributed by atoms with Crippen LogP contribution >= 0.6 is 0 Å². The van der Waals surface area contributed by atoms with Gasteiger partial charge in [-0.3, -0.25) is 0 Å². The first-order valence-electron chi connectivity index (χ1n) is 5.34. The van der Waals surface area contributed by atoms with Crippen LogP contribution in [0.2, 0.25) is 0 Å². The molecular formula is C14H14FNO. The average Bonchev–Trinajstić information content (AvgIpc) is 2.33. The van der Waals surface area contributed by atoms with Gasteiger partial charge in [0.25, 0.3) is 0 Å². The number of nitrogens with zero attached hydrogens (tertiary/aromatic N) is 1. The zero-order valence-corrected chi connectivity index (χ0v) is 9.81. The third kappa shape index (κ3) is 2.38. The van der Waals surface area contributed by atoms with Crippen LogP contribution in [-0.4, -0.2) is 19.2 Å². The number of halogens is 1. The fraction of sp³-hybridized carbons (Fsp3) is 0.143. The van der Waals surface area contributed by atoms with Crippen molar-refractivity contribution >= 4 is 5.69 Å². The Hall–Kier alpha value is -2.03. The van der Waals surface area contributed by atoms with Crippen molar-refractivity contribution in [2.45, 2.75) is 0 Å². The number of rotatable bonds is 2. The highest BCUT2D eigenvalue weighted by Crippen LogP contribution is 2.26. The molecule has 17 heavy (non-hydrogen) atoms. The second-order valence-electron chi connectivity index (χ2n) is 4.11. The molecule has 0 aliphatic carbocycles. The van der Waals surface area contributed by atoms with Crippen molar-refractivity contribution in [3.63, 3.8) is 0 Å². The van der Waals surface area contributed by atoms with Gasteiger partial charge in [-0.15, -0.1) is 0 Å². The van der Waals surface area contributed by atoms with Crippen LogP contribution in [0.25, 0.3) is 11.1 Å². The van der Waals surface area contributed by atoms with Gasteiger partial charge in [0.2, 0.25) is 0 Å². The molecule has 2 aromatic rings. The summed E-state index contributed by atoms with van der Waals surface area (Å²) in [5, 5.41) is 9.13. The number of hydrogen-bond donors (Lipinski definition) is 1. The Bertz CT molecular complexity index is 520. The minimum atomic E-state index is -0.598. The Balaban J connectivity index is 2.36. The summed E-state index contributed by atoms with van der Waals surface area (Å²) in [5.74, 6) is -0.919. The van der Waals surface area contributed by atoms with Gasteiger partial charge in [0.15, 0.2) is 11.6 Å². The summed E-state index contributed by atoms with van der Waals surface area (Å²) in [6.07, 6.45) is 0. The normalized spacial score (nSPS) is 10.3. The van der Waals surface area contributed by atoms with Gasteiger partial charge in [0.05, 0.1) is 0 Å². The molecule has 2 rings (SSSR count). The zero-order valence-electron chi connectivity index (χ0n) is 9.81. The number of aromatic hydroxyl groups is 1. The Kier molecular flexibility index (Phi) is 3.00. The second-order valence-corrected chi connectivity index (χ2v) is 4.11. The van der Waals surface area contributed by atoms with Crippen LogP contribution in [0.1, 0.15) is 0 Å². The van der Waals surface area contributed by atoms with Crippen LogP contribution in [0, 0.1) is 5.82 Å². The van der Waals surface area contributed by atoms with E-state index in [0.29, 0.717) is 0 Å². The molecule has 0 aliphatic rings. The molecule has 3 heteroatoms. The predicted molar refractivity (Wildman–Crippen MR) is 67.8 cm³/mol. The minimum absolute atomic E-state index is 0.321. The molecule has 0 atom stereocenters. The first-order chi connectivity index (χ1) is 8.08. The summed E-state index contributed by atoms with van der Waals surface area (Å²) in [4.78, 5) is 2.00. The Morgan fingerprint density at radius 1 is 0.941 bits per heavy atom. The molecule has 0 fully saturated rings. The SMILES string of the molecule is CN(C)c1ccc(-c2ccc(O)c(F)c2)cc1. The lowest BCUT2D eigenvalue weighted by Crippen LogP contribution is -2.07. The van der Waals surface area contributed by atoms with Crippen molar-refractivity contribution in [3.05, 3.63) is 48.3 Å². The molecule has 0 unspecified atom stereocenters. The van der Waals surface area contributed by atoms with E-state index in [0.717, 1.165) is 16.8 Å². The number of phenols is 1. The molecular weight excluding hydrogens is 217 g/mol. The molecule has 88 valence electrons. The highest BCUT2D eigenvalue weighted by atomic mass is 19.1. The van der Waals surface area contributed by atoms with E-state index in [1.807, 2.05) is 43.3 Å². The van der Waals surface area contributed by atoms with Gasteiger partial charge >= 0.3 is 0 Å². The molecule has 0 radical (unpaired) electrons. The number of hydrogen-bond acceptors (Lipinski definition) is 2. The van der Waals surface area contributed by atoms with Crippen molar-refractivity contribution in [2.75, 3.05) is 19.0 Å². The fourth-order valence-electron chi connectivity index (χ4n) is 1.64. The Morgan fingerprint density at radius 2 is 1.53 bits per heavy atom. The smallest absolute Gasteiger partial charge is 0.165 e. The molecule has 0 spiro atoms. The number of phenolic OH excluding ortho intramolecular Hbond substituents is 1. The highest BCUT2D eigenvalue weighted by molar-refractivity contribution is 5.67. The van der Waals surface area contributed by atoms with Crippen LogP contribution in [0.4, 0.5) is 10.1 Å². The Labute approximate surface area is 99.9 Å². The van der Waals surface area contributed by atoms with Gasteiger partial charge in [-0.2, -0.15) is 0 Å². The van der Waals surface area contributed by atoms with Crippen LogP contribution < -0.4 is 4.90 Å². The molecule has 2 aromatic carbocycles. The molecule has 0 saturated carbocycles. The van der Waals surface area contributed by atoms with Crippen LogP contribution in [0.3, 0.4) is 0 Å². The molecule has 0 saturated heterocycles. The summed E-state index contributed by atoms with van der Waals surface area (Å²) in [5.41, 5.74) is 2.77. The van der Waals surface area contributed by atoms with Gasteiger partial charge in [-0.25, -0.2) is 4.39 Å². The van der Waals surface area contributed by atoms with E-state index in [2.05, 4.69) is 0 Å². The predicted octanol–water partition coefficient (Wildman–Crippen LogP) is 3.26. The van der Waals surface area contributed by atoms with E-state index in [4.69, 9.17) is 5.11 Å². The van der Waals surface area contributed by atoms with Crippen molar-refractivity contribution in [3.8, 4) is 16.9 Å². The summed E-state index contributed by atoms with van der Waals surface area (Å²) >= 11 is 0. The van der Waals surface area contributed by atoms with E-state index in [9.17, 15) is 4.39 Å². The number of benzene rings is 2. The van der Waals surface area contributed by atoms with Gasteiger partial charge in [0, 0.05) is 19.8 Å². The van der Waals surface area contributed by atoms with Gasteiger partial charge in [-0.1, -0.05) is 18.2 Å². The Morgan fingerprint density at radius 3 is 2.06 bits per heavy atom. The summed E-state index contributed by atoms with van der Waals surface area (Å²) < 4.78 is 13.2. The van der Waals surface area contributed by atoms with Crippen LogP contribution in [0.5, 0.6) is 5.75 Å². The largest absolute Gasteiger partial charge is 0.505 e. The van der Waals surface area contributed by atoms with E-state index in [1.165, 1.54) is 12.1 Å². The lowest BCUT2D eigenvalue weighted by molar-refractivity contribution is 0.432. The standard InChI is InChI=1S/C14H14FNO/c1-16(2)12-6-3-10(4-7-12)11-5-8-14(17)13(15)9-11/h3-9,17H,1-2H3. The van der Waals surface area contributed by atoms with E-state index >= 15 is 0 Å². The quantitative estimate of drug-likeness (QED) is 0.857. The van der Waals surface area contributed by atoms with E-state index in [1.54, 1.807) is 6.07 Å². The molecule has 0 heterocycles. The lowest BCUT2D eigenvalue weighted by atomic mass is 10.0. The molecule has 1 N–H and O–H groups in total. The minimum Gasteiger partial charge on any atom is -0.505 e. The van der Waals surface area contributed by atoms with E-state index < -0.39 is 5.82 Å². The maximum absolute atomic E-state index is 13.2. The summed E-state index contributed by atoms with van der Waals surface area (Å²) in [6, 6.07) is 12.2. The summed E-state index contributed by atoms with van der Waals surface area (Å²) in [6.45, 7) is 0. The monoisotopic (exact) mass is 231 g/mol. The average molecular weight is 231 g/mol. The molecule has 0 amide bonds. The van der Waals surface area contributed by atoms with E-state index in [-0.39, 0.29) is 5.75 Å². The van der Waals surface area contributed by atoms with Gasteiger partial charge in [0.1, 0.15) is 0 Å². The van der Waals surface area contributed by atoms with Crippen LogP contribution in [-0.2, 0) is 0 Å². The van der Waals surface area contributed by atoms with Crippen molar-refractivity contribution in [2.24, 2.45) is 0 Å². The fourth-order valence-corrected chi connectivity index (χ4v) is 1.64. The molecule has 2 nitrogen and oxygen atoms in total. The maximum atomic E-state index is 13.2. The van der Waals surface area contributed by atoms with Crippen molar-refractivity contribution < 1.29 is 9.50 Å². The van der Waals surface area contributed by atoms with Crippen LogP contribution in [0.15, 0.2) is 42.5 Å². The van der Waals surface area contributed by atoms with Gasteiger partial charge in [-0.05, 0) is 35.4 Å². The second kappa shape index (κ2) is 4.45. The zero-order chi connectivity index (χ0) is 12.4. The summed E-state index contributed by atoms with van der Waals surface area (Å²) in [7, 11) is 3.93. The lowest BCUT2D eigenvalue weighted by Gasteiger charge is -2.12. The maximum Gasteiger partial charge on any atom is 0.165 e. The molecule has 0 bridgehead atoms. The first-order valence-corrected chi connectivity index (χ1v) is 5.34. The molecule has 0 aromatic heterocycles. The third-order valence-electron chi connectivity index (χ3n) is 2.66. The highest BCUT2D eigenvalue weighted by Gasteiger charge is 2.04. The number of anilines is 1. The topological polar surface area (TPSA) is 23.5 Å². The first kappa shape index (κ1) is 11.5. The van der Waals surface area contributed by atoms with Crippen molar-refractivity contribution in [1.82, 2.24) is 0 Å². The third-order valence-corrected chi connectivity index (χ3v) is 2.66.